The van der Waals surface area contributed by atoms with Crippen molar-refractivity contribution in [3.8, 4) is 5.75 Å². The van der Waals surface area contributed by atoms with Gasteiger partial charge in [0.1, 0.15) is 17.9 Å². The molecule has 0 radical (unpaired) electrons. The fraction of sp³-hybridized carbons (Fsp3) is 0.296. The van der Waals surface area contributed by atoms with Crippen molar-refractivity contribution in [1.82, 2.24) is 20.2 Å². The molecule has 0 saturated carbocycles. The highest BCUT2D eigenvalue weighted by Gasteiger charge is 2.13. The number of benzene rings is 2. The molecule has 3 N–H and O–H groups in total. The van der Waals surface area contributed by atoms with Crippen molar-refractivity contribution in [3.05, 3.63) is 59.4 Å². The summed E-state index contributed by atoms with van der Waals surface area (Å²) in [6.45, 7) is 3.53. The molecule has 39 heavy (non-hydrogen) atoms. The molecule has 0 aliphatic carbocycles. The number of nitrogens with zero attached hydrogens (tertiary/aromatic N) is 3. The number of halogens is 1. The summed E-state index contributed by atoms with van der Waals surface area (Å²) in [4.78, 5) is 46.7. The Labute approximate surface area is 235 Å². The van der Waals surface area contributed by atoms with Crippen molar-refractivity contribution in [3.63, 3.8) is 0 Å². The fourth-order valence-corrected chi connectivity index (χ4v) is 3.93. The molecule has 0 spiro atoms. The highest BCUT2D eigenvalue weighted by Crippen LogP contribution is 2.33. The third kappa shape index (κ3) is 9.34. The highest BCUT2D eigenvalue weighted by atomic mass is 79.9. The lowest BCUT2D eigenvalue weighted by Gasteiger charge is -2.15. The van der Waals surface area contributed by atoms with E-state index in [2.05, 4.69) is 41.8 Å². The monoisotopic (exact) mass is 598 g/mol. The minimum absolute atomic E-state index is 0.255. The Morgan fingerprint density at radius 3 is 2.62 bits per heavy atom. The van der Waals surface area contributed by atoms with E-state index in [0.29, 0.717) is 54.4 Å². The third-order valence-electron chi connectivity index (χ3n) is 5.48. The average Bonchev–Trinajstić information content (AvgIpc) is 2.91. The van der Waals surface area contributed by atoms with E-state index in [4.69, 9.17) is 9.47 Å². The Kier molecular flexibility index (Phi) is 11.2. The van der Waals surface area contributed by atoms with Crippen molar-refractivity contribution in [2.45, 2.75) is 13.3 Å². The predicted octanol–water partition coefficient (Wildman–Crippen LogP) is 3.64. The van der Waals surface area contributed by atoms with E-state index in [1.54, 1.807) is 19.1 Å². The van der Waals surface area contributed by atoms with Crippen molar-refractivity contribution in [2.24, 2.45) is 0 Å². The normalized spacial score (nSPS) is 11.0. The summed E-state index contributed by atoms with van der Waals surface area (Å²) in [7, 11) is 3.34. The Morgan fingerprint density at radius 2 is 1.87 bits per heavy atom. The number of carbonyl (C=O) groups excluding carboxylic acids is 3. The third-order valence-corrected chi connectivity index (χ3v) is 5.98. The molecule has 12 heteroatoms. The predicted molar refractivity (Wildman–Crippen MR) is 153 cm³/mol. The van der Waals surface area contributed by atoms with Crippen LogP contribution in [0.3, 0.4) is 0 Å². The molecule has 11 nitrogen and oxygen atoms in total. The van der Waals surface area contributed by atoms with Crippen LogP contribution in [0.1, 0.15) is 13.3 Å². The summed E-state index contributed by atoms with van der Waals surface area (Å²) in [5.41, 5.74) is 1.85. The number of ether oxygens (including phenoxy) is 2. The van der Waals surface area contributed by atoms with Crippen LogP contribution in [0.25, 0.3) is 10.9 Å². The maximum atomic E-state index is 12.6. The molecule has 206 valence electrons. The topological polar surface area (TPSA) is 135 Å². The van der Waals surface area contributed by atoms with Crippen LogP contribution in [0.15, 0.2) is 59.4 Å². The molecule has 0 atom stereocenters. The summed E-state index contributed by atoms with van der Waals surface area (Å²) in [5.74, 6) is -0.212. The first-order valence-corrected chi connectivity index (χ1v) is 13.0. The molecule has 1 aromatic heterocycles. The van der Waals surface area contributed by atoms with Crippen LogP contribution < -0.4 is 20.7 Å². The quantitative estimate of drug-likeness (QED) is 0.199. The van der Waals surface area contributed by atoms with Gasteiger partial charge in [0, 0.05) is 53.4 Å². The number of aromatic nitrogens is 2. The molecule has 2 aromatic carbocycles. The SMILES string of the molecule is CCOC(=O)CCN(C)CCNC(=O)C=CC(=O)Nc1cc2c(Nc3cccc(Br)c3)ncnc2cc1OC. The maximum absolute atomic E-state index is 12.6. The number of carbonyl (C=O) groups is 3. The zero-order valence-electron chi connectivity index (χ0n) is 22.0. The Hall–Kier alpha value is -4.03. The van der Waals surface area contributed by atoms with Crippen molar-refractivity contribution < 1.29 is 23.9 Å². The molecule has 0 aliphatic heterocycles. The Morgan fingerprint density at radius 1 is 1.08 bits per heavy atom. The Balaban J connectivity index is 1.60. The largest absolute Gasteiger partial charge is 0.494 e. The molecule has 0 aliphatic rings. The summed E-state index contributed by atoms with van der Waals surface area (Å²) in [5, 5.41) is 9.39. The fourth-order valence-electron chi connectivity index (χ4n) is 3.53. The molecule has 0 bridgehead atoms. The number of nitrogens with one attached hydrogen (secondary N) is 3. The van der Waals surface area contributed by atoms with E-state index in [1.807, 2.05) is 36.2 Å². The highest BCUT2D eigenvalue weighted by molar-refractivity contribution is 9.10. The van der Waals surface area contributed by atoms with Gasteiger partial charge in [-0.15, -0.1) is 0 Å². The van der Waals surface area contributed by atoms with Gasteiger partial charge in [-0.3, -0.25) is 14.4 Å². The first kappa shape index (κ1) is 29.5. The molecular weight excluding hydrogens is 568 g/mol. The van der Waals surface area contributed by atoms with Gasteiger partial charge in [-0.05, 0) is 38.2 Å². The number of rotatable bonds is 13. The van der Waals surface area contributed by atoms with E-state index < -0.39 is 11.8 Å². The van der Waals surface area contributed by atoms with Crippen LogP contribution in [0, 0.1) is 0 Å². The van der Waals surface area contributed by atoms with Crippen LogP contribution in [-0.4, -0.2) is 73.1 Å². The number of likely N-dealkylation sites (N-methyl/N-ethyl adjacent to an activating group) is 1. The van der Waals surface area contributed by atoms with Gasteiger partial charge in [0.15, 0.2) is 0 Å². The van der Waals surface area contributed by atoms with Crippen LogP contribution in [0.4, 0.5) is 17.2 Å². The first-order valence-electron chi connectivity index (χ1n) is 12.3. The number of esters is 1. The smallest absolute Gasteiger partial charge is 0.307 e. The van der Waals surface area contributed by atoms with E-state index in [-0.39, 0.29) is 12.4 Å². The average molecular weight is 599 g/mol. The number of methoxy groups -OCH3 is 1. The van der Waals surface area contributed by atoms with Gasteiger partial charge in [-0.25, -0.2) is 9.97 Å². The summed E-state index contributed by atoms with van der Waals surface area (Å²) in [6.07, 6.45) is 4.03. The summed E-state index contributed by atoms with van der Waals surface area (Å²) >= 11 is 3.45. The molecule has 0 unspecified atom stereocenters. The molecule has 0 fully saturated rings. The lowest BCUT2D eigenvalue weighted by molar-refractivity contribution is -0.143. The molecule has 2 amide bonds. The van der Waals surface area contributed by atoms with Gasteiger partial charge in [0.25, 0.3) is 0 Å². The molecule has 3 aromatic rings. The van der Waals surface area contributed by atoms with Crippen molar-refractivity contribution in [2.75, 3.05) is 51.0 Å². The van der Waals surface area contributed by atoms with Crippen molar-refractivity contribution in [1.29, 1.82) is 0 Å². The van der Waals surface area contributed by atoms with Gasteiger partial charge >= 0.3 is 5.97 Å². The number of hydrogen-bond acceptors (Lipinski definition) is 9. The number of amides is 2. The van der Waals surface area contributed by atoms with Crippen LogP contribution >= 0.6 is 15.9 Å². The van der Waals surface area contributed by atoms with Crippen molar-refractivity contribution >= 4 is 61.8 Å². The first-order chi connectivity index (χ1) is 18.8. The van der Waals surface area contributed by atoms with Crippen LogP contribution in [-0.2, 0) is 19.1 Å². The second-order valence-corrected chi connectivity index (χ2v) is 9.31. The number of hydrogen-bond donors (Lipinski definition) is 3. The van der Waals surface area contributed by atoms with Crippen LogP contribution in [0.2, 0.25) is 0 Å². The van der Waals surface area contributed by atoms with Gasteiger partial charge in [0.05, 0.1) is 31.3 Å². The van der Waals surface area contributed by atoms with E-state index in [0.717, 1.165) is 22.3 Å². The van der Waals surface area contributed by atoms with Crippen LogP contribution in [0.5, 0.6) is 5.75 Å². The lowest BCUT2D eigenvalue weighted by atomic mass is 10.2. The van der Waals surface area contributed by atoms with E-state index >= 15 is 0 Å². The second kappa shape index (κ2) is 14.8. The molecule has 3 rings (SSSR count). The Bertz CT molecular complexity index is 1350. The van der Waals surface area contributed by atoms with Gasteiger partial charge in [-0.1, -0.05) is 22.0 Å². The zero-order chi connectivity index (χ0) is 28.2. The molecule has 0 saturated heterocycles. The zero-order valence-corrected chi connectivity index (χ0v) is 23.6. The maximum Gasteiger partial charge on any atom is 0.307 e. The second-order valence-electron chi connectivity index (χ2n) is 8.40. The minimum atomic E-state index is -0.507. The van der Waals surface area contributed by atoms with Gasteiger partial charge < -0.3 is 30.3 Å². The number of anilines is 3. The number of fused-ring (bicyclic) bond motifs is 1. The lowest BCUT2D eigenvalue weighted by Crippen LogP contribution is -2.33. The molecule has 1 heterocycles. The minimum Gasteiger partial charge on any atom is -0.494 e. The van der Waals surface area contributed by atoms with E-state index in [1.165, 1.54) is 13.4 Å². The van der Waals surface area contributed by atoms with Gasteiger partial charge in [0.2, 0.25) is 11.8 Å². The van der Waals surface area contributed by atoms with E-state index in [9.17, 15) is 14.4 Å². The summed E-state index contributed by atoms with van der Waals surface area (Å²) < 4.78 is 11.3. The van der Waals surface area contributed by atoms with Gasteiger partial charge in [-0.2, -0.15) is 0 Å². The standard InChI is InChI=1S/C27H31BrN6O5/c1-4-39-26(37)10-12-34(2)13-11-29-24(35)8-9-25(36)33-22-15-20-21(16-23(22)38-3)30-17-31-27(20)32-19-7-5-6-18(28)14-19/h5-9,14-17H,4,10-13H2,1-3H3,(H,29,35)(H,33,36)(H,30,31,32). The molecular formula is C27H31BrN6O5. The summed E-state index contributed by atoms with van der Waals surface area (Å²) in [6, 6.07) is 11.1.